The molecular formula is C12H20N2O2S. The smallest absolute Gasteiger partial charge is 0.211 e. The zero-order valence-electron chi connectivity index (χ0n) is 10.6. The van der Waals surface area contributed by atoms with Gasteiger partial charge in [-0.1, -0.05) is 30.3 Å². The minimum atomic E-state index is -3.19. The Bertz CT molecular complexity index is 431. The molecule has 0 radical (unpaired) electrons. The van der Waals surface area contributed by atoms with Crippen molar-refractivity contribution in [3.63, 3.8) is 0 Å². The van der Waals surface area contributed by atoms with Gasteiger partial charge in [0.25, 0.3) is 0 Å². The first kappa shape index (κ1) is 14.2. The highest BCUT2D eigenvalue weighted by Crippen LogP contribution is 2.21. The van der Waals surface area contributed by atoms with E-state index in [-0.39, 0.29) is 6.04 Å². The van der Waals surface area contributed by atoms with Crippen molar-refractivity contribution in [3.8, 4) is 0 Å². The average Bonchev–Trinajstić information content (AvgIpc) is 2.29. The second-order valence-corrected chi connectivity index (χ2v) is 6.00. The summed E-state index contributed by atoms with van der Waals surface area (Å²) >= 11 is 0. The van der Waals surface area contributed by atoms with Gasteiger partial charge in [0.05, 0.1) is 6.26 Å². The van der Waals surface area contributed by atoms with Gasteiger partial charge in [-0.05, 0) is 19.5 Å². The predicted molar refractivity (Wildman–Crippen MR) is 70.3 cm³/mol. The minimum absolute atomic E-state index is 0.139. The Kier molecular flexibility index (Phi) is 5.11. The van der Waals surface area contributed by atoms with Gasteiger partial charge in [0.2, 0.25) is 10.0 Å². The highest BCUT2D eigenvalue weighted by molar-refractivity contribution is 7.88. The summed E-state index contributed by atoms with van der Waals surface area (Å²) in [6.07, 6.45) is 1.25. The monoisotopic (exact) mass is 256 g/mol. The first-order valence-corrected chi connectivity index (χ1v) is 7.48. The summed E-state index contributed by atoms with van der Waals surface area (Å²) in [6, 6.07) is 9.52. The molecule has 0 aromatic heterocycles. The van der Waals surface area contributed by atoms with Gasteiger partial charge in [-0.3, -0.25) is 0 Å². The largest absolute Gasteiger partial charge is 0.318 e. The molecular weight excluding hydrogens is 236 g/mol. The summed E-state index contributed by atoms with van der Waals surface area (Å²) < 4.78 is 25.0. The van der Waals surface area contributed by atoms with E-state index in [1.807, 2.05) is 44.3 Å². The third-order valence-corrected chi connectivity index (χ3v) is 4.07. The quantitative estimate of drug-likeness (QED) is 0.833. The summed E-state index contributed by atoms with van der Waals surface area (Å²) in [4.78, 5) is 0. The molecule has 0 saturated heterocycles. The van der Waals surface area contributed by atoms with Crippen LogP contribution in [0.2, 0.25) is 0 Å². The lowest BCUT2D eigenvalue weighted by molar-refractivity contribution is 0.345. The number of hydrogen-bond donors (Lipinski definition) is 1. The number of nitrogens with zero attached hydrogens (tertiary/aromatic N) is 1. The lowest BCUT2D eigenvalue weighted by Crippen LogP contribution is -2.37. The fraction of sp³-hybridized carbons (Fsp3) is 0.500. The molecule has 1 unspecified atom stereocenters. The third kappa shape index (κ3) is 4.11. The molecule has 1 aromatic carbocycles. The van der Waals surface area contributed by atoms with E-state index >= 15 is 0 Å². The molecule has 1 rings (SSSR count). The Balaban J connectivity index is 2.91. The van der Waals surface area contributed by atoms with Crippen molar-refractivity contribution in [2.75, 3.05) is 26.4 Å². The van der Waals surface area contributed by atoms with E-state index < -0.39 is 10.0 Å². The van der Waals surface area contributed by atoms with Crippen LogP contribution in [0.3, 0.4) is 0 Å². The molecule has 0 bridgehead atoms. The van der Waals surface area contributed by atoms with Crippen molar-refractivity contribution >= 4 is 10.0 Å². The number of likely N-dealkylation sites (N-methyl/N-ethyl adjacent to an activating group) is 1. The Labute approximate surface area is 104 Å². The van der Waals surface area contributed by atoms with Crippen molar-refractivity contribution in [1.82, 2.24) is 9.62 Å². The van der Waals surface area contributed by atoms with Crippen LogP contribution in [-0.2, 0) is 10.0 Å². The van der Waals surface area contributed by atoms with Crippen LogP contribution in [0.5, 0.6) is 0 Å². The number of nitrogens with one attached hydrogen (secondary N) is 1. The second-order valence-electron chi connectivity index (χ2n) is 4.06. The van der Waals surface area contributed by atoms with Crippen LogP contribution in [0, 0.1) is 0 Å². The van der Waals surface area contributed by atoms with Gasteiger partial charge < -0.3 is 5.32 Å². The average molecular weight is 256 g/mol. The molecule has 0 heterocycles. The zero-order valence-corrected chi connectivity index (χ0v) is 11.4. The maximum Gasteiger partial charge on any atom is 0.211 e. The third-order valence-electron chi connectivity index (χ3n) is 2.72. The molecule has 0 spiro atoms. The van der Waals surface area contributed by atoms with Crippen molar-refractivity contribution in [1.29, 1.82) is 0 Å². The molecule has 96 valence electrons. The Morgan fingerprint density at radius 1 is 1.29 bits per heavy atom. The van der Waals surface area contributed by atoms with Crippen molar-refractivity contribution in [3.05, 3.63) is 35.9 Å². The van der Waals surface area contributed by atoms with Crippen LogP contribution >= 0.6 is 0 Å². The number of benzene rings is 1. The van der Waals surface area contributed by atoms with Gasteiger partial charge in [-0.2, -0.15) is 4.31 Å². The van der Waals surface area contributed by atoms with Crippen LogP contribution in [0.1, 0.15) is 18.5 Å². The summed E-state index contributed by atoms with van der Waals surface area (Å²) in [5.74, 6) is 0. The van der Waals surface area contributed by atoms with Gasteiger partial charge in [0, 0.05) is 19.1 Å². The van der Waals surface area contributed by atoms with Crippen LogP contribution in [0.4, 0.5) is 0 Å². The molecule has 4 nitrogen and oxygen atoms in total. The van der Waals surface area contributed by atoms with Gasteiger partial charge in [0.1, 0.15) is 0 Å². The summed E-state index contributed by atoms with van der Waals surface area (Å²) in [7, 11) is -1.38. The van der Waals surface area contributed by atoms with Crippen molar-refractivity contribution in [2.24, 2.45) is 0 Å². The van der Waals surface area contributed by atoms with Crippen LogP contribution in [0.25, 0.3) is 0 Å². The zero-order chi connectivity index (χ0) is 12.9. The highest BCUT2D eigenvalue weighted by Gasteiger charge is 2.23. The molecule has 0 aliphatic rings. The fourth-order valence-electron chi connectivity index (χ4n) is 1.77. The Hall–Kier alpha value is -0.910. The number of rotatable bonds is 6. The molecule has 17 heavy (non-hydrogen) atoms. The number of sulfonamides is 1. The SMILES string of the molecule is CNCCN(C(C)c1ccccc1)S(C)(=O)=O. The van der Waals surface area contributed by atoms with E-state index in [9.17, 15) is 8.42 Å². The maximum absolute atomic E-state index is 11.8. The molecule has 0 amide bonds. The van der Waals surface area contributed by atoms with E-state index in [2.05, 4.69) is 5.32 Å². The fourth-order valence-corrected chi connectivity index (χ4v) is 2.89. The number of hydrogen-bond acceptors (Lipinski definition) is 3. The van der Waals surface area contributed by atoms with Gasteiger partial charge in [-0.25, -0.2) is 8.42 Å². The summed E-state index contributed by atoms with van der Waals surface area (Å²) in [5.41, 5.74) is 1.01. The first-order chi connectivity index (χ1) is 7.96. The van der Waals surface area contributed by atoms with E-state index in [0.29, 0.717) is 13.1 Å². The molecule has 0 saturated carbocycles. The Morgan fingerprint density at radius 2 is 1.88 bits per heavy atom. The van der Waals surface area contributed by atoms with E-state index in [0.717, 1.165) is 5.56 Å². The van der Waals surface area contributed by atoms with Crippen molar-refractivity contribution in [2.45, 2.75) is 13.0 Å². The molecule has 1 N–H and O–H groups in total. The van der Waals surface area contributed by atoms with Gasteiger partial charge in [-0.15, -0.1) is 0 Å². The minimum Gasteiger partial charge on any atom is -0.318 e. The molecule has 0 aliphatic carbocycles. The normalized spacial score (nSPS) is 13.9. The second kappa shape index (κ2) is 6.14. The van der Waals surface area contributed by atoms with Crippen molar-refractivity contribution < 1.29 is 8.42 Å². The topological polar surface area (TPSA) is 49.4 Å². The van der Waals surface area contributed by atoms with E-state index in [4.69, 9.17) is 0 Å². The predicted octanol–water partition coefficient (Wildman–Crippen LogP) is 1.23. The summed E-state index contributed by atoms with van der Waals surface area (Å²) in [6.45, 7) is 3.03. The lowest BCUT2D eigenvalue weighted by atomic mass is 10.1. The molecule has 1 aromatic rings. The molecule has 0 fully saturated rings. The lowest BCUT2D eigenvalue weighted by Gasteiger charge is -2.27. The molecule has 1 atom stereocenters. The van der Waals surface area contributed by atoms with Crippen LogP contribution in [0.15, 0.2) is 30.3 Å². The standard InChI is InChI=1S/C12H20N2O2S/c1-11(12-7-5-4-6-8-12)14(10-9-13-2)17(3,15)16/h4-8,11,13H,9-10H2,1-3H3. The highest BCUT2D eigenvalue weighted by atomic mass is 32.2. The van der Waals surface area contributed by atoms with Crippen LogP contribution in [-0.4, -0.2) is 39.1 Å². The van der Waals surface area contributed by atoms with Gasteiger partial charge >= 0.3 is 0 Å². The van der Waals surface area contributed by atoms with E-state index in [1.165, 1.54) is 10.6 Å². The molecule has 5 heteroatoms. The summed E-state index contributed by atoms with van der Waals surface area (Å²) in [5, 5.41) is 2.97. The van der Waals surface area contributed by atoms with Gasteiger partial charge in [0.15, 0.2) is 0 Å². The Morgan fingerprint density at radius 3 is 2.35 bits per heavy atom. The van der Waals surface area contributed by atoms with E-state index in [1.54, 1.807) is 0 Å². The molecule has 0 aliphatic heterocycles. The maximum atomic E-state index is 11.8. The first-order valence-electron chi connectivity index (χ1n) is 5.63. The van der Waals surface area contributed by atoms with Crippen LogP contribution < -0.4 is 5.32 Å².